The molecule has 0 aliphatic carbocycles. The predicted octanol–water partition coefficient (Wildman–Crippen LogP) is 2.72. The lowest BCUT2D eigenvalue weighted by Gasteiger charge is -2.37. The minimum atomic E-state index is -0.873. The van der Waals surface area contributed by atoms with Gasteiger partial charge in [-0.05, 0) is 31.9 Å². The van der Waals surface area contributed by atoms with E-state index in [1.54, 1.807) is 29.2 Å². The zero-order chi connectivity index (χ0) is 13.9. The van der Waals surface area contributed by atoms with Gasteiger partial charge in [-0.25, -0.2) is 4.79 Å². The first-order valence-corrected chi connectivity index (χ1v) is 6.15. The molecule has 0 aromatic heterocycles. The summed E-state index contributed by atoms with van der Waals surface area (Å²) < 4.78 is 0. The number of anilines is 1. The van der Waals surface area contributed by atoms with Crippen LogP contribution in [0.1, 0.15) is 27.7 Å². The third-order valence-electron chi connectivity index (χ3n) is 2.90. The van der Waals surface area contributed by atoms with Gasteiger partial charge in [0.05, 0.1) is 5.69 Å². The molecule has 0 amide bonds. The molecule has 1 aromatic rings. The molecule has 1 atom stereocenters. The van der Waals surface area contributed by atoms with Crippen molar-refractivity contribution in [1.29, 1.82) is 0 Å². The third-order valence-corrected chi connectivity index (χ3v) is 2.90. The van der Waals surface area contributed by atoms with Gasteiger partial charge < -0.3 is 15.1 Å². The Morgan fingerprint density at radius 3 is 2.11 bits per heavy atom. The molecule has 0 heterocycles. The number of phenols is 1. The second-order valence-electron chi connectivity index (χ2n) is 5.02. The number of hydrogen-bond acceptors (Lipinski definition) is 3. The summed E-state index contributed by atoms with van der Waals surface area (Å²) in [7, 11) is 0. The summed E-state index contributed by atoms with van der Waals surface area (Å²) in [4.78, 5) is 13.2. The summed E-state index contributed by atoms with van der Waals surface area (Å²) in [6.07, 6.45) is 0. The number of para-hydroxylation sites is 2. The first kappa shape index (κ1) is 14.4. The van der Waals surface area contributed by atoms with Crippen molar-refractivity contribution in [2.24, 2.45) is 5.92 Å². The van der Waals surface area contributed by atoms with Gasteiger partial charge in [0.1, 0.15) is 11.8 Å². The molecule has 100 valence electrons. The smallest absolute Gasteiger partial charge is 0.326 e. The van der Waals surface area contributed by atoms with E-state index in [-0.39, 0.29) is 17.7 Å². The van der Waals surface area contributed by atoms with Crippen LogP contribution in [0, 0.1) is 5.92 Å². The molecular weight excluding hydrogens is 230 g/mol. The second kappa shape index (κ2) is 5.76. The fraction of sp³-hybridized carbons (Fsp3) is 0.500. The maximum Gasteiger partial charge on any atom is 0.326 e. The van der Waals surface area contributed by atoms with E-state index in [2.05, 4.69) is 0 Å². The highest BCUT2D eigenvalue weighted by molar-refractivity contribution is 5.80. The number of carboxylic acids is 1. The number of aromatic hydroxyl groups is 1. The number of rotatable bonds is 5. The van der Waals surface area contributed by atoms with Crippen molar-refractivity contribution in [3.05, 3.63) is 24.3 Å². The average molecular weight is 251 g/mol. The molecule has 1 rings (SSSR count). The molecule has 0 aliphatic rings. The van der Waals surface area contributed by atoms with E-state index < -0.39 is 12.0 Å². The van der Waals surface area contributed by atoms with Crippen LogP contribution in [0.25, 0.3) is 0 Å². The number of aliphatic carboxylic acids is 1. The fourth-order valence-corrected chi connectivity index (χ4v) is 2.16. The minimum absolute atomic E-state index is 0.0122. The minimum Gasteiger partial charge on any atom is -0.506 e. The number of nitrogens with zero attached hydrogens (tertiary/aromatic N) is 1. The molecule has 4 nitrogen and oxygen atoms in total. The van der Waals surface area contributed by atoms with Crippen molar-refractivity contribution in [3.63, 3.8) is 0 Å². The summed E-state index contributed by atoms with van der Waals surface area (Å²) in [5.74, 6) is -0.815. The third kappa shape index (κ3) is 2.94. The van der Waals surface area contributed by atoms with Crippen molar-refractivity contribution in [3.8, 4) is 5.75 Å². The van der Waals surface area contributed by atoms with E-state index in [0.717, 1.165) is 0 Å². The highest BCUT2D eigenvalue weighted by Crippen LogP contribution is 2.31. The van der Waals surface area contributed by atoms with Gasteiger partial charge in [0.25, 0.3) is 0 Å². The Kier molecular flexibility index (Phi) is 4.59. The largest absolute Gasteiger partial charge is 0.506 e. The highest BCUT2D eigenvalue weighted by atomic mass is 16.4. The SMILES string of the molecule is CC(C)C(C(=O)O)N(c1ccccc1O)C(C)C. The summed E-state index contributed by atoms with van der Waals surface area (Å²) >= 11 is 0. The van der Waals surface area contributed by atoms with Gasteiger partial charge in [-0.2, -0.15) is 0 Å². The first-order valence-electron chi connectivity index (χ1n) is 6.15. The normalized spacial score (nSPS) is 12.8. The van der Waals surface area contributed by atoms with E-state index in [1.165, 1.54) is 0 Å². The summed E-state index contributed by atoms with van der Waals surface area (Å²) in [6, 6.07) is 6.17. The standard InChI is InChI=1S/C14H21NO3/c1-9(2)13(14(17)18)15(10(3)4)11-7-5-6-8-12(11)16/h5-10,13,16H,1-4H3,(H,17,18). The molecule has 1 aromatic carbocycles. The van der Waals surface area contributed by atoms with Gasteiger partial charge in [0.15, 0.2) is 0 Å². The van der Waals surface area contributed by atoms with Crippen molar-refractivity contribution in [1.82, 2.24) is 0 Å². The lowest BCUT2D eigenvalue weighted by Crippen LogP contribution is -2.48. The van der Waals surface area contributed by atoms with Crippen LogP contribution in [-0.4, -0.2) is 28.3 Å². The van der Waals surface area contributed by atoms with Crippen molar-refractivity contribution in [2.45, 2.75) is 39.8 Å². The van der Waals surface area contributed by atoms with E-state index in [1.807, 2.05) is 27.7 Å². The average Bonchev–Trinajstić information content (AvgIpc) is 2.25. The quantitative estimate of drug-likeness (QED) is 0.844. The maximum absolute atomic E-state index is 11.4. The number of hydrogen-bond donors (Lipinski definition) is 2. The molecule has 18 heavy (non-hydrogen) atoms. The van der Waals surface area contributed by atoms with Crippen molar-refractivity contribution in [2.75, 3.05) is 4.90 Å². The van der Waals surface area contributed by atoms with Crippen molar-refractivity contribution >= 4 is 11.7 Å². The van der Waals surface area contributed by atoms with Gasteiger partial charge in [0, 0.05) is 6.04 Å². The molecule has 1 unspecified atom stereocenters. The Morgan fingerprint density at radius 2 is 1.72 bits per heavy atom. The van der Waals surface area contributed by atoms with Crippen LogP contribution in [0.3, 0.4) is 0 Å². The monoisotopic (exact) mass is 251 g/mol. The molecule has 0 fully saturated rings. The van der Waals surface area contributed by atoms with Crippen LogP contribution < -0.4 is 4.90 Å². The van der Waals surface area contributed by atoms with Gasteiger partial charge in [-0.1, -0.05) is 26.0 Å². The Balaban J connectivity index is 3.25. The van der Waals surface area contributed by atoms with Crippen LogP contribution in [0.2, 0.25) is 0 Å². The molecule has 0 spiro atoms. The Hall–Kier alpha value is -1.71. The van der Waals surface area contributed by atoms with Crippen molar-refractivity contribution < 1.29 is 15.0 Å². The van der Waals surface area contributed by atoms with Gasteiger partial charge in [-0.15, -0.1) is 0 Å². The Morgan fingerprint density at radius 1 is 1.17 bits per heavy atom. The van der Waals surface area contributed by atoms with Gasteiger partial charge in [0.2, 0.25) is 0 Å². The lowest BCUT2D eigenvalue weighted by atomic mass is 10.00. The molecule has 4 heteroatoms. The second-order valence-corrected chi connectivity index (χ2v) is 5.02. The zero-order valence-corrected chi connectivity index (χ0v) is 11.3. The van der Waals surface area contributed by atoms with Crippen LogP contribution in [-0.2, 0) is 4.79 Å². The molecular formula is C14H21NO3. The van der Waals surface area contributed by atoms with E-state index >= 15 is 0 Å². The van der Waals surface area contributed by atoms with Gasteiger partial charge >= 0.3 is 5.97 Å². The van der Waals surface area contributed by atoms with E-state index in [4.69, 9.17) is 0 Å². The predicted molar refractivity (Wildman–Crippen MR) is 72.0 cm³/mol. The first-order chi connectivity index (χ1) is 8.36. The maximum atomic E-state index is 11.4. The zero-order valence-electron chi connectivity index (χ0n) is 11.3. The van der Waals surface area contributed by atoms with Crippen LogP contribution in [0.15, 0.2) is 24.3 Å². The number of carboxylic acid groups (broad SMARTS) is 1. The number of carbonyl (C=O) groups is 1. The summed E-state index contributed by atoms with van der Waals surface area (Å²) in [5, 5.41) is 19.3. The Labute approximate surface area is 108 Å². The molecule has 2 N–H and O–H groups in total. The fourth-order valence-electron chi connectivity index (χ4n) is 2.16. The molecule has 0 bridgehead atoms. The van der Waals surface area contributed by atoms with Crippen LogP contribution in [0.5, 0.6) is 5.75 Å². The number of phenolic OH excluding ortho intramolecular Hbond substituents is 1. The molecule has 0 radical (unpaired) electrons. The van der Waals surface area contributed by atoms with E-state index in [0.29, 0.717) is 5.69 Å². The molecule has 0 saturated heterocycles. The number of benzene rings is 1. The lowest BCUT2D eigenvalue weighted by molar-refractivity contribution is -0.139. The van der Waals surface area contributed by atoms with Gasteiger partial charge in [-0.3, -0.25) is 0 Å². The molecule has 0 saturated carbocycles. The molecule has 0 aliphatic heterocycles. The van der Waals surface area contributed by atoms with Crippen LogP contribution >= 0.6 is 0 Å². The highest BCUT2D eigenvalue weighted by Gasteiger charge is 2.31. The van der Waals surface area contributed by atoms with E-state index in [9.17, 15) is 15.0 Å². The van der Waals surface area contributed by atoms with Crippen LogP contribution in [0.4, 0.5) is 5.69 Å². The Bertz CT molecular complexity index is 415. The summed E-state index contributed by atoms with van der Waals surface area (Å²) in [6.45, 7) is 7.58. The summed E-state index contributed by atoms with van der Waals surface area (Å²) in [5.41, 5.74) is 0.564. The topological polar surface area (TPSA) is 60.8 Å².